The van der Waals surface area contributed by atoms with Crippen molar-refractivity contribution in [2.75, 3.05) is 7.11 Å². The minimum Gasteiger partial charge on any atom is -0.497 e. The summed E-state index contributed by atoms with van der Waals surface area (Å²) in [6.45, 7) is 0.619. The van der Waals surface area contributed by atoms with Crippen LogP contribution in [-0.4, -0.2) is 27.1 Å². The quantitative estimate of drug-likeness (QED) is 0.370. The first-order chi connectivity index (χ1) is 17.0. The van der Waals surface area contributed by atoms with Gasteiger partial charge in [-0.05, 0) is 35.4 Å². The molecule has 0 aliphatic rings. The van der Waals surface area contributed by atoms with Crippen LogP contribution in [0.1, 0.15) is 11.1 Å². The van der Waals surface area contributed by atoms with Crippen LogP contribution in [0.2, 0.25) is 5.02 Å². The Morgan fingerprint density at radius 1 is 1.06 bits per heavy atom. The molecule has 0 aliphatic carbocycles. The van der Waals surface area contributed by atoms with E-state index in [2.05, 4.69) is 10.3 Å². The number of nitrogens with one attached hydrogen (secondary N) is 1. The van der Waals surface area contributed by atoms with Gasteiger partial charge < -0.3 is 14.6 Å². The number of para-hydroxylation sites is 1. The zero-order chi connectivity index (χ0) is 24.4. The smallest absolute Gasteiger partial charge is 0.278 e. The van der Waals surface area contributed by atoms with Crippen molar-refractivity contribution in [2.45, 2.75) is 19.6 Å². The van der Waals surface area contributed by atoms with Crippen molar-refractivity contribution < 1.29 is 9.53 Å². The number of carbonyl (C=O) groups excluding carboxylic acids is 1. The third-order valence-corrected chi connectivity index (χ3v) is 6.33. The summed E-state index contributed by atoms with van der Waals surface area (Å²) < 4.78 is 8.51. The minimum absolute atomic E-state index is 0.0129. The Balaban J connectivity index is 1.50. The van der Waals surface area contributed by atoms with Gasteiger partial charge in [-0.25, -0.2) is 4.98 Å². The number of methoxy groups -OCH3 is 1. The zero-order valence-corrected chi connectivity index (χ0v) is 19.8. The molecule has 0 unspecified atom stereocenters. The molecule has 2 heterocycles. The third kappa shape index (κ3) is 4.50. The number of nitrogens with zero attached hydrogens (tertiary/aromatic N) is 3. The number of carbonyl (C=O) groups is 1. The van der Waals surface area contributed by atoms with Crippen LogP contribution in [-0.2, 0) is 24.4 Å². The van der Waals surface area contributed by atoms with Crippen molar-refractivity contribution in [1.29, 1.82) is 0 Å². The first kappa shape index (κ1) is 22.7. The Morgan fingerprint density at radius 2 is 1.86 bits per heavy atom. The largest absolute Gasteiger partial charge is 0.497 e. The first-order valence-corrected chi connectivity index (χ1v) is 11.5. The van der Waals surface area contributed by atoms with Crippen LogP contribution in [0.4, 0.5) is 0 Å². The van der Waals surface area contributed by atoms with E-state index in [1.54, 1.807) is 17.7 Å². The average molecular weight is 487 g/mol. The topological polar surface area (TPSA) is 78.2 Å². The molecular formula is C27H23ClN4O3. The van der Waals surface area contributed by atoms with E-state index in [-0.39, 0.29) is 24.6 Å². The number of ether oxygens (including phenoxy) is 1. The van der Waals surface area contributed by atoms with Crippen LogP contribution in [0.25, 0.3) is 21.9 Å². The summed E-state index contributed by atoms with van der Waals surface area (Å²) in [5, 5.41) is 4.34. The Hall–Kier alpha value is -4.10. The maximum Gasteiger partial charge on any atom is 0.278 e. The molecular weight excluding hydrogens is 464 g/mol. The van der Waals surface area contributed by atoms with E-state index < -0.39 is 0 Å². The highest BCUT2D eigenvalue weighted by Crippen LogP contribution is 2.25. The van der Waals surface area contributed by atoms with E-state index >= 15 is 0 Å². The van der Waals surface area contributed by atoms with E-state index in [9.17, 15) is 9.59 Å². The van der Waals surface area contributed by atoms with Crippen molar-refractivity contribution in [3.63, 3.8) is 0 Å². The van der Waals surface area contributed by atoms with Gasteiger partial charge in [0.2, 0.25) is 5.91 Å². The predicted molar refractivity (Wildman–Crippen MR) is 137 cm³/mol. The monoisotopic (exact) mass is 486 g/mol. The van der Waals surface area contributed by atoms with Gasteiger partial charge in [0.1, 0.15) is 23.3 Å². The van der Waals surface area contributed by atoms with Crippen molar-refractivity contribution in [3.05, 3.63) is 106 Å². The van der Waals surface area contributed by atoms with Gasteiger partial charge in [-0.2, -0.15) is 0 Å². The summed E-state index contributed by atoms with van der Waals surface area (Å²) in [6, 6.07) is 22.5. The Kier molecular flexibility index (Phi) is 6.25. The second-order valence-electron chi connectivity index (χ2n) is 8.20. The molecule has 0 bridgehead atoms. The Morgan fingerprint density at radius 3 is 2.69 bits per heavy atom. The van der Waals surface area contributed by atoms with Crippen molar-refractivity contribution in [1.82, 2.24) is 19.4 Å². The number of hydrogen-bond acceptors (Lipinski definition) is 4. The lowest BCUT2D eigenvalue weighted by Gasteiger charge is -2.11. The molecule has 0 saturated heterocycles. The van der Waals surface area contributed by atoms with Crippen LogP contribution < -0.4 is 15.6 Å². The number of fused-ring (bicyclic) bond motifs is 3. The fraction of sp³-hybridized carbons (Fsp3) is 0.148. The maximum atomic E-state index is 13.6. The van der Waals surface area contributed by atoms with E-state index in [0.29, 0.717) is 22.6 Å². The fourth-order valence-corrected chi connectivity index (χ4v) is 4.41. The highest BCUT2D eigenvalue weighted by molar-refractivity contribution is 6.31. The molecule has 7 nitrogen and oxygen atoms in total. The molecule has 0 radical (unpaired) electrons. The highest BCUT2D eigenvalue weighted by Gasteiger charge is 2.18. The summed E-state index contributed by atoms with van der Waals surface area (Å²) in [5.74, 6) is 0.515. The summed E-state index contributed by atoms with van der Waals surface area (Å²) in [7, 11) is 1.60. The van der Waals surface area contributed by atoms with Crippen molar-refractivity contribution in [2.24, 2.45) is 0 Å². The molecule has 0 fully saturated rings. The lowest BCUT2D eigenvalue weighted by Crippen LogP contribution is -2.29. The maximum absolute atomic E-state index is 13.6. The minimum atomic E-state index is -0.230. The molecule has 0 saturated carbocycles. The van der Waals surface area contributed by atoms with E-state index in [4.69, 9.17) is 16.3 Å². The van der Waals surface area contributed by atoms with Crippen LogP contribution in [0.15, 0.2) is 83.9 Å². The predicted octanol–water partition coefficient (Wildman–Crippen LogP) is 4.38. The van der Waals surface area contributed by atoms with Crippen LogP contribution in [0, 0.1) is 0 Å². The van der Waals surface area contributed by atoms with E-state index in [0.717, 1.165) is 27.8 Å². The number of benzene rings is 3. The number of aromatic nitrogens is 3. The van der Waals surface area contributed by atoms with Gasteiger partial charge in [-0.1, -0.05) is 60.1 Å². The van der Waals surface area contributed by atoms with Crippen molar-refractivity contribution >= 4 is 39.4 Å². The molecule has 0 atom stereocenters. The van der Waals surface area contributed by atoms with Gasteiger partial charge in [0.05, 0.1) is 25.5 Å². The van der Waals surface area contributed by atoms with Gasteiger partial charge in [0, 0.05) is 17.0 Å². The van der Waals surface area contributed by atoms with Crippen molar-refractivity contribution in [3.8, 4) is 5.75 Å². The van der Waals surface area contributed by atoms with Gasteiger partial charge >= 0.3 is 0 Å². The molecule has 0 spiro atoms. The molecule has 5 rings (SSSR count). The molecule has 176 valence electrons. The number of amides is 1. The van der Waals surface area contributed by atoms with Crippen LogP contribution in [0.3, 0.4) is 0 Å². The summed E-state index contributed by atoms with van der Waals surface area (Å²) >= 11 is 6.31. The summed E-state index contributed by atoms with van der Waals surface area (Å²) in [5.41, 5.74) is 3.24. The molecule has 8 heteroatoms. The summed E-state index contributed by atoms with van der Waals surface area (Å²) in [6.07, 6.45) is 1.54. The van der Waals surface area contributed by atoms with E-state index in [1.807, 2.05) is 66.7 Å². The van der Waals surface area contributed by atoms with Gasteiger partial charge in [0.15, 0.2) is 0 Å². The molecule has 1 amide bonds. The second kappa shape index (κ2) is 9.64. The lowest BCUT2D eigenvalue weighted by molar-refractivity contribution is -0.121. The SMILES string of the molecule is COc1cccc(CNC(=O)Cn2c3ccccc3c3ncn(Cc4ccccc4Cl)c(=O)c32)c1. The molecule has 1 N–H and O–H groups in total. The second-order valence-corrected chi connectivity index (χ2v) is 8.60. The van der Waals surface area contributed by atoms with Gasteiger partial charge in [-0.15, -0.1) is 0 Å². The summed E-state index contributed by atoms with van der Waals surface area (Å²) in [4.78, 5) is 31.1. The normalized spacial score (nSPS) is 11.1. The molecule has 0 aliphatic heterocycles. The third-order valence-electron chi connectivity index (χ3n) is 5.96. The Labute approximate surface area is 206 Å². The molecule has 35 heavy (non-hydrogen) atoms. The fourth-order valence-electron chi connectivity index (χ4n) is 4.22. The standard InChI is InChI=1S/C27H23ClN4O3/c1-35-20-9-6-7-18(13-20)14-29-24(33)16-32-23-12-5-3-10-21(23)25-26(32)27(34)31(17-30-25)15-19-8-2-4-11-22(19)28/h2-13,17H,14-16H2,1H3,(H,29,33). The van der Waals surface area contributed by atoms with E-state index in [1.165, 1.54) is 10.9 Å². The zero-order valence-electron chi connectivity index (χ0n) is 19.1. The highest BCUT2D eigenvalue weighted by atomic mass is 35.5. The van der Waals surface area contributed by atoms with Gasteiger partial charge in [0.25, 0.3) is 5.56 Å². The molecule has 5 aromatic rings. The number of hydrogen-bond donors (Lipinski definition) is 1. The van der Waals surface area contributed by atoms with Crippen LogP contribution >= 0.6 is 11.6 Å². The molecule has 2 aromatic heterocycles. The number of rotatable bonds is 7. The Bertz CT molecular complexity index is 1610. The average Bonchev–Trinajstić information content (AvgIpc) is 3.20. The first-order valence-electron chi connectivity index (χ1n) is 11.1. The van der Waals surface area contributed by atoms with Crippen LogP contribution in [0.5, 0.6) is 5.75 Å². The molecule has 3 aromatic carbocycles. The lowest BCUT2D eigenvalue weighted by atomic mass is 10.2. The van der Waals surface area contributed by atoms with Gasteiger partial charge in [-0.3, -0.25) is 14.2 Å². The number of halogens is 1.